The molecule has 1 heterocycles. The lowest BCUT2D eigenvalue weighted by Gasteiger charge is -2.15. The monoisotopic (exact) mass is 417 g/mol. The minimum Gasteiger partial charge on any atom is -0.493 e. The van der Waals surface area contributed by atoms with E-state index in [-0.39, 0.29) is 29.0 Å². The van der Waals surface area contributed by atoms with Crippen molar-refractivity contribution in [3.8, 4) is 11.5 Å². The van der Waals surface area contributed by atoms with Gasteiger partial charge in [0.1, 0.15) is 6.54 Å². The first-order chi connectivity index (χ1) is 15.0. The number of aromatic nitrogens is 1. The molecule has 0 N–H and O–H groups in total. The molecular weight excluding hydrogens is 398 g/mol. The van der Waals surface area contributed by atoms with Gasteiger partial charge in [-0.05, 0) is 42.5 Å². The zero-order chi connectivity index (χ0) is 22.0. The highest BCUT2D eigenvalue weighted by molar-refractivity contribution is 5.94. The van der Waals surface area contributed by atoms with E-state index in [0.717, 1.165) is 0 Å². The van der Waals surface area contributed by atoms with E-state index in [2.05, 4.69) is 0 Å². The molecule has 0 aliphatic heterocycles. The van der Waals surface area contributed by atoms with Gasteiger partial charge < -0.3 is 18.8 Å². The van der Waals surface area contributed by atoms with Crippen LogP contribution in [-0.2, 0) is 16.1 Å². The molecule has 4 aromatic rings. The Bertz CT molecular complexity index is 1310. The Labute approximate surface area is 177 Å². The van der Waals surface area contributed by atoms with Gasteiger partial charge >= 0.3 is 11.9 Å². The first-order valence-electron chi connectivity index (χ1n) is 9.51. The molecule has 0 unspecified atom stereocenters. The zero-order valence-corrected chi connectivity index (χ0v) is 17.0. The van der Waals surface area contributed by atoms with Crippen molar-refractivity contribution in [2.45, 2.75) is 6.54 Å². The number of benzene rings is 3. The largest absolute Gasteiger partial charge is 0.493 e. The molecule has 0 saturated carbocycles. The molecule has 0 radical (unpaired) electrons. The van der Waals surface area contributed by atoms with Crippen molar-refractivity contribution in [1.82, 2.24) is 4.57 Å². The maximum Gasteiger partial charge on any atom is 0.337 e. The van der Waals surface area contributed by atoms with E-state index in [4.69, 9.17) is 14.2 Å². The van der Waals surface area contributed by atoms with E-state index in [1.807, 2.05) is 12.1 Å². The fourth-order valence-electron chi connectivity index (χ4n) is 3.53. The number of carbonyl (C=O) groups is 2. The van der Waals surface area contributed by atoms with Crippen LogP contribution in [0.4, 0.5) is 0 Å². The van der Waals surface area contributed by atoms with Crippen LogP contribution in [-0.4, -0.2) is 30.7 Å². The van der Waals surface area contributed by atoms with Crippen molar-refractivity contribution >= 4 is 33.7 Å². The Kier molecular flexibility index (Phi) is 5.41. The number of nitrogens with zero attached hydrogens (tertiary/aromatic N) is 1. The highest BCUT2D eigenvalue weighted by Crippen LogP contribution is 2.29. The Morgan fingerprint density at radius 3 is 2.03 bits per heavy atom. The number of carbonyl (C=O) groups excluding carboxylic acids is 2. The van der Waals surface area contributed by atoms with Gasteiger partial charge in [0.15, 0.2) is 16.9 Å². The van der Waals surface area contributed by atoms with E-state index in [1.54, 1.807) is 41.0 Å². The van der Waals surface area contributed by atoms with Gasteiger partial charge in [-0.25, -0.2) is 9.59 Å². The number of esters is 2. The average Bonchev–Trinajstić information content (AvgIpc) is 2.81. The smallest absolute Gasteiger partial charge is 0.337 e. The lowest BCUT2D eigenvalue weighted by Crippen LogP contribution is -2.20. The van der Waals surface area contributed by atoms with Crippen LogP contribution in [0.15, 0.2) is 71.5 Å². The van der Waals surface area contributed by atoms with Crippen molar-refractivity contribution < 1.29 is 23.8 Å². The summed E-state index contributed by atoms with van der Waals surface area (Å²) in [5.74, 6) is -0.675. The summed E-state index contributed by atoms with van der Waals surface area (Å²) in [5, 5.41) is 1.04. The third-order valence-electron chi connectivity index (χ3n) is 4.97. The van der Waals surface area contributed by atoms with Crippen molar-refractivity contribution in [3.63, 3.8) is 0 Å². The van der Waals surface area contributed by atoms with E-state index < -0.39 is 11.9 Å². The summed E-state index contributed by atoms with van der Waals surface area (Å²) < 4.78 is 17.2. The van der Waals surface area contributed by atoms with Gasteiger partial charge in [-0.2, -0.15) is 0 Å². The average molecular weight is 417 g/mol. The number of fused-ring (bicyclic) bond motifs is 2. The molecular formula is C24H19NO6. The number of para-hydroxylation sites is 2. The van der Waals surface area contributed by atoms with Crippen molar-refractivity contribution in [1.29, 1.82) is 0 Å². The zero-order valence-electron chi connectivity index (χ0n) is 17.0. The second kappa shape index (κ2) is 8.31. The molecule has 0 amide bonds. The van der Waals surface area contributed by atoms with E-state index in [0.29, 0.717) is 21.8 Å². The molecule has 0 saturated heterocycles. The fraction of sp³-hybridized carbons (Fsp3) is 0.125. The van der Waals surface area contributed by atoms with Gasteiger partial charge in [0.25, 0.3) is 0 Å². The van der Waals surface area contributed by atoms with Crippen LogP contribution in [0.5, 0.6) is 11.5 Å². The summed E-state index contributed by atoms with van der Waals surface area (Å²) in [6.45, 7) is -0.122. The Morgan fingerprint density at radius 1 is 0.839 bits per heavy atom. The number of hydrogen-bond acceptors (Lipinski definition) is 6. The van der Waals surface area contributed by atoms with Crippen molar-refractivity contribution in [2.75, 3.05) is 14.2 Å². The lowest BCUT2D eigenvalue weighted by atomic mass is 10.1. The maximum atomic E-state index is 12.8. The predicted molar refractivity (Wildman–Crippen MR) is 116 cm³/mol. The van der Waals surface area contributed by atoms with E-state index in [1.165, 1.54) is 32.4 Å². The summed E-state index contributed by atoms with van der Waals surface area (Å²) in [6.07, 6.45) is 0. The number of hydrogen-bond donors (Lipinski definition) is 0. The minimum absolute atomic E-state index is 0.0871. The summed E-state index contributed by atoms with van der Waals surface area (Å²) in [4.78, 5) is 37.4. The van der Waals surface area contributed by atoms with Crippen LogP contribution >= 0.6 is 0 Å². The maximum absolute atomic E-state index is 12.8. The Hall–Kier alpha value is -4.13. The normalized spacial score (nSPS) is 10.8. The summed E-state index contributed by atoms with van der Waals surface area (Å²) in [6, 6.07) is 18.7. The van der Waals surface area contributed by atoms with E-state index in [9.17, 15) is 14.4 Å². The standard InChI is InChI=1S/C24H19NO6/c1-29-21-13-15(24(28)30-2)11-12-20(21)31-22(26)14-25-18-9-5-3-7-16(18)23(27)17-8-4-6-10-19(17)25/h3-13H,14H2,1-2H3. The first kappa shape index (κ1) is 20.2. The van der Waals surface area contributed by atoms with Gasteiger partial charge in [0.2, 0.25) is 0 Å². The summed E-state index contributed by atoms with van der Waals surface area (Å²) >= 11 is 0. The van der Waals surface area contributed by atoms with Crippen LogP contribution in [0, 0.1) is 0 Å². The van der Waals surface area contributed by atoms with Gasteiger partial charge in [0.05, 0.1) is 30.8 Å². The topological polar surface area (TPSA) is 83.8 Å². The number of ether oxygens (including phenoxy) is 3. The Balaban J connectivity index is 1.72. The molecule has 7 heteroatoms. The quantitative estimate of drug-likeness (QED) is 0.281. The third-order valence-corrected chi connectivity index (χ3v) is 4.97. The molecule has 0 atom stereocenters. The molecule has 3 aromatic carbocycles. The third kappa shape index (κ3) is 3.73. The molecule has 4 rings (SSSR count). The molecule has 0 aliphatic carbocycles. The van der Waals surface area contributed by atoms with Gasteiger partial charge in [-0.15, -0.1) is 0 Å². The molecule has 31 heavy (non-hydrogen) atoms. The van der Waals surface area contributed by atoms with Crippen LogP contribution in [0.2, 0.25) is 0 Å². The first-order valence-corrected chi connectivity index (χ1v) is 9.51. The van der Waals surface area contributed by atoms with E-state index >= 15 is 0 Å². The second-order valence-corrected chi connectivity index (χ2v) is 6.78. The Morgan fingerprint density at radius 2 is 1.45 bits per heavy atom. The van der Waals surface area contributed by atoms with Crippen molar-refractivity contribution in [2.24, 2.45) is 0 Å². The van der Waals surface area contributed by atoms with Crippen LogP contribution in [0.25, 0.3) is 21.8 Å². The molecule has 0 spiro atoms. The molecule has 156 valence electrons. The van der Waals surface area contributed by atoms with Gasteiger partial charge in [-0.3, -0.25) is 4.79 Å². The number of pyridine rings is 1. The highest BCUT2D eigenvalue weighted by Gasteiger charge is 2.17. The fourth-order valence-corrected chi connectivity index (χ4v) is 3.53. The minimum atomic E-state index is -0.553. The van der Waals surface area contributed by atoms with Gasteiger partial charge in [-0.1, -0.05) is 24.3 Å². The molecule has 7 nitrogen and oxygen atoms in total. The second-order valence-electron chi connectivity index (χ2n) is 6.78. The molecule has 0 bridgehead atoms. The van der Waals surface area contributed by atoms with Crippen molar-refractivity contribution in [3.05, 3.63) is 82.5 Å². The lowest BCUT2D eigenvalue weighted by molar-refractivity contribution is -0.135. The summed E-state index contributed by atoms with van der Waals surface area (Å²) in [7, 11) is 2.69. The van der Waals surface area contributed by atoms with Crippen LogP contribution in [0.3, 0.4) is 0 Å². The predicted octanol–water partition coefficient (Wildman–Crippen LogP) is 3.56. The highest BCUT2D eigenvalue weighted by atomic mass is 16.6. The molecule has 1 aromatic heterocycles. The summed E-state index contributed by atoms with van der Waals surface area (Å²) in [5.41, 5.74) is 1.46. The number of methoxy groups -OCH3 is 2. The van der Waals surface area contributed by atoms with Crippen LogP contribution < -0.4 is 14.9 Å². The van der Waals surface area contributed by atoms with Crippen LogP contribution in [0.1, 0.15) is 10.4 Å². The van der Waals surface area contributed by atoms with Gasteiger partial charge in [0, 0.05) is 10.8 Å². The number of rotatable bonds is 5. The molecule has 0 aliphatic rings. The molecule has 0 fully saturated rings. The SMILES string of the molecule is COC(=O)c1ccc(OC(=O)Cn2c3ccccc3c(=O)c3ccccc32)c(OC)c1.